The van der Waals surface area contributed by atoms with Gasteiger partial charge in [0.1, 0.15) is 0 Å². The summed E-state index contributed by atoms with van der Waals surface area (Å²) in [6.07, 6.45) is 4.46. The van der Waals surface area contributed by atoms with Crippen LogP contribution in [0.5, 0.6) is 0 Å². The van der Waals surface area contributed by atoms with Gasteiger partial charge in [-0.15, -0.1) is 11.8 Å². The van der Waals surface area contributed by atoms with Crippen molar-refractivity contribution in [1.82, 2.24) is 0 Å². The molecule has 2 rings (SSSR count). The van der Waals surface area contributed by atoms with Crippen molar-refractivity contribution in [2.45, 2.75) is 13.8 Å². The highest BCUT2D eigenvalue weighted by atomic mass is 32.2. The van der Waals surface area contributed by atoms with Gasteiger partial charge in [0, 0.05) is 0 Å². The number of allylic oxidation sites excluding steroid dienone is 2. The molecule has 2 aromatic carbocycles. The molecule has 0 saturated heterocycles. The van der Waals surface area contributed by atoms with E-state index in [4.69, 9.17) is 0 Å². The van der Waals surface area contributed by atoms with Gasteiger partial charge in [-0.25, -0.2) is 0 Å². The van der Waals surface area contributed by atoms with Gasteiger partial charge in [0.25, 0.3) is 0 Å². The van der Waals surface area contributed by atoms with E-state index in [-0.39, 0.29) is 0 Å². The molecule has 0 aliphatic carbocycles. The van der Waals surface area contributed by atoms with E-state index in [0.717, 1.165) is 11.7 Å². The molecule has 0 saturated carbocycles. The maximum Gasteiger partial charge on any atom is -0.000284 e. The summed E-state index contributed by atoms with van der Waals surface area (Å²) < 4.78 is 0. The lowest BCUT2D eigenvalue weighted by Gasteiger charge is -2.04. The second-order valence-electron chi connectivity index (χ2n) is 5.41. The van der Waals surface area contributed by atoms with Crippen molar-refractivity contribution in [3.8, 4) is 0 Å². The number of hydrogen-bond acceptors (Lipinski definition) is 1. The van der Waals surface area contributed by atoms with Gasteiger partial charge in [-0.05, 0) is 45.9 Å². The topological polar surface area (TPSA) is 0 Å². The van der Waals surface area contributed by atoms with Crippen molar-refractivity contribution >= 4 is 23.4 Å². The van der Waals surface area contributed by atoms with Gasteiger partial charge in [0.05, 0.1) is 0 Å². The summed E-state index contributed by atoms with van der Waals surface area (Å²) in [6, 6.07) is 21.0. The van der Waals surface area contributed by atoms with Gasteiger partial charge < -0.3 is 0 Å². The van der Waals surface area contributed by atoms with Crippen LogP contribution in [0.4, 0.5) is 0 Å². The summed E-state index contributed by atoms with van der Waals surface area (Å²) in [4.78, 5) is 0. The zero-order valence-electron chi connectivity index (χ0n) is 12.7. The van der Waals surface area contributed by atoms with E-state index in [1.165, 1.54) is 16.7 Å². The molecule has 0 bridgehead atoms. The quantitative estimate of drug-likeness (QED) is 0.456. The van der Waals surface area contributed by atoms with Gasteiger partial charge in [-0.2, -0.15) is 0 Å². The van der Waals surface area contributed by atoms with E-state index in [2.05, 4.69) is 86.0 Å². The molecule has 0 nitrogen and oxygen atoms in total. The van der Waals surface area contributed by atoms with Crippen molar-refractivity contribution in [3.63, 3.8) is 0 Å². The minimum Gasteiger partial charge on any atom is -0.134 e. The van der Waals surface area contributed by atoms with Crippen LogP contribution in [0.25, 0.3) is 11.6 Å². The zero-order valence-corrected chi connectivity index (χ0v) is 13.5. The Morgan fingerprint density at radius 2 is 1.57 bits per heavy atom. The maximum absolute atomic E-state index is 2.25. The number of hydrogen-bond donors (Lipinski definition) is 0. The molecule has 21 heavy (non-hydrogen) atoms. The Labute approximate surface area is 132 Å². The molecule has 1 heteroatoms. The van der Waals surface area contributed by atoms with Crippen LogP contribution < -0.4 is 0 Å². The highest BCUT2D eigenvalue weighted by Gasteiger charge is 1.98. The fraction of sp³-hybridized carbons (Fsp3) is 0.200. The van der Waals surface area contributed by atoms with Crippen molar-refractivity contribution in [2.75, 3.05) is 5.75 Å². The molecule has 0 atom stereocenters. The molecule has 0 radical (unpaired) electrons. The number of rotatable bonds is 6. The zero-order chi connectivity index (χ0) is 14.9. The Balaban J connectivity index is 2.21. The third kappa shape index (κ3) is 5.65. The van der Waals surface area contributed by atoms with Gasteiger partial charge in [-0.1, -0.05) is 74.5 Å². The molecule has 0 spiro atoms. The molecule has 108 valence electrons. The van der Waals surface area contributed by atoms with Gasteiger partial charge >= 0.3 is 0 Å². The fourth-order valence-corrected chi connectivity index (χ4v) is 2.70. The average molecular weight is 294 g/mol. The van der Waals surface area contributed by atoms with Crippen LogP contribution in [0.3, 0.4) is 0 Å². The summed E-state index contributed by atoms with van der Waals surface area (Å²) in [5.74, 6) is 1.88. The summed E-state index contributed by atoms with van der Waals surface area (Å²) in [6.45, 7) is 4.50. The molecule has 2 aromatic rings. The smallest absolute Gasteiger partial charge is 0.000284 e. The van der Waals surface area contributed by atoms with Crippen molar-refractivity contribution in [3.05, 3.63) is 83.3 Å². The Morgan fingerprint density at radius 3 is 2.19 bits per heavy atom. The number of benzene rings is 2. The SMILES string of the molecule is CC(C)CSC=CC(=Cc1ccccc1)c1ccccc1. The molecular formula is C20H22S. The molecule has 0 heterocycles. The van der Waals surface area contributed by atoms with Crippen LogP contribution in [0.1, 0.15) is 25.0 Å². The van der Waals surface area contributed by atoms with Crippen molar-refractivity contribution < 1.29 is 0 Å². The second-order valence-corrected chi connectivity index (χ2v) is 6.35. The normalized spacial score (nSPS) is 12.2. The molecule has 0 fully saturated rings. The first-order valence-electron chi connectivity index (χ1n) is 7.36. The second kappa shape index (κ2) is 8.53. The summed E-state index contributed by atoms with van der Waals surface area (Å²) in [5.41, 5.74) is 3.73. The van der Waals surface area contributed by atoms with Crippen LogP contribution >= 0.6 is 11.8 Å². The van der Waals surface area contributed by atoms with Crippen molar-refractivity contribution in [1.29, 1.82) is 0 Å². The van der Waals surface area contributed by atoms with Crippen LogP contribution in [-0.4, -0.2) is 5.75 Å². The lowest BCUT2D eigenvalue weighted by molar-refractivity contribution is 0.751. The molecule has 0 aliphatic heterocycles. The first-order valence-corrected chi connectivity index (χ1v) is 8.41. The average Bonchev–Trinajstić information content (AvgIpc) is 2.52. The summed E-state index contributed by atoms with van der Waals surface area (Å²) in [7, 11) is 0. The van der Waals surface area contributed by atoms with Gasteiger partial charge in [0.15, 0.2) is 0 Å². The van der Waals surface area contributed by atoms with E-state index < -0.39 is 0 Å². The highest BCUT2D eigenvalue weighted by Crippen LogP contribution is 2.21. The first kappa shape index (κ1) is 15.7. The minimum atomic E-state index is 0.720. The highest BCUT2D eigenvalue weighted by molar-refractivity contribution is 8.02. The summed E-state index contributed by atoms with van der Waals surface area (Å²) >= 11 is 1.87. The maximum atomic E-state index is 2.25. The lowest BCUT2D eigenvalue weighted by Crippen LogP contribution is -1.87. The fourth-order valence-electron chi connectivity index (χ4n) is 1.96. The van der Waals surface area contributed by atoms with Crippen LogP contribution in [0.2, 0.25) is 0 Å². The Hall–Kier alpha value is -1.73. The Bertz CT molecular complexity index is 580. The van der Waals surface area contributed by atoms with Crippen LogP contribution in [0, 0.1) is 5.92 Å². The largest absolute Gasteiger partial charge is 0.134 e. The van der Waals surface area contributed by atoms with E-state index in [0.29, 0.717) is 0 Å². The molecule has 0 N–H and O–H groups in total. The molecular weight excluding hydrogens is 272 g/mol. The Kier molecular flexibility index (Phi) is 6.36. The molecule has 0 aliphatic rings. The van der Waals surface area contributed by atoms with Crippen LogP contribution in [0.15, 0.2) is 72.1 Å². The third-order valence-electron chi connectivity index (χ3n) is 3.00. The monoisotopic (exact) mass is 294 g/mol. The van der Waals surface area contributed by atoms with Crippen LogP contribution in [-0.2, 0) is 0 Å². The first-order chi connectivity index (χ1) is 10.3. The third-order valence-corrected chi connectivity index (χ3v) is 4.19. The molecule has 0 aromatic heterocycles. The van der Waals surface area contributed by atoms with E-state index in [1.807, 2.05) is 17.8 Å². The van der Waals surface area contributed by atoms with E-state index in [9.17, 15) is 0 Å². The molecule has 0 unspecified atom stereocenters. The van der Waals surface area contributed by atoms with Crippen molar-refractivity contribution in [2.24, 2.45) is 5.92 Å². The predicted molar refractivity (Wildman–Crippen MR) is 97.2 cm³/mol. The lowest BCUT2D eigenvalue weighted by atomic mass is 10.0. The van der Waals surface area contributed by atoms with E-state index in [1.54, 1.807) is 0 Å². The minimum absolute atomic E-state index is 0.720. The Morgan fingerprint density at radius 1 is 0.952 bits per heavy atom. The summed E-state index contributed by atoms with van der Waals surface area (Å²) in [5, 5.41) is 2.21. The predicted octanol–water partition coefficient (Wildman–Crippen LogP) is 6.13. The van der Waals surface area contributed by atoms with Gasteiger partial charge in [-0.3, -0.25) is 0 Å². The standard InChI is InChI=1S/C20H22S/c1-17(2)16-21-14-13-20(19-11-7-4-8-12-19)15-18-9-5-3-6-10-18/h3-15,17H,16H2,1-2H3. The molecule has 0 amide bonds. The van der Waals surface area contributed by atoms with E-state index >= 15 is 0 Å². The number of thioether (sulfide) groups is 1. The van der Waals surface area contributed by atoms with Gasteiger partial charge in [0.2, 0.25) is 0 Å².